The Morgan fingerprint density at radius 2 is 2.00 bits per heavy atom. The van der Waals surface area contributed by atoms with Crippen LogP contribution >= 0.6 is 0 Å². The van der Waals surface area contributed by atoms with E-state index in [0.717, 1.165) is 25.7 Å². The van der Waals surface area contributed by atoms with E-state index in [-0.39, 0.29) is 29.8 Å². The van der Waals surface area contributed by atoms with E-state index in [4.69, 9.17) is 5.73 Å². The van der Waals surface area contributed by atoms with Gasteiger partial charge in [-0.25, -0.2) is 0 Å². The summed E-state index contributed by atoms with van der Waals surface area (Å²) in [5.74, 6) is 0.169. The molecule has 1 fully saturated rings. The number of carbonyl (C=O) groups is 1. The van der Waals surface area contributed by atoms with E-state index < -0.39 is 0 Å². The van der Waals surface area contributed by atoms with Gasteiger partial charge in [0.1, 0.15) is 0 Å². The fraction of sp³-hybridized carbons (Fsp3) is 0.923. The highest BCUT2D eigenvalue weighted by Gasteiger charge is 2.34. The van der Waals surface area contributed by atoms with Gasteiger partial charge in [0.05, 0.1) is 12.5 Å². The van der Waals surface area contributed by atoms with E-state index in [0.29, 0.717) is 13.1 Å². The van der Waals surface area contributed by atoms with Crippen LogP contribution in [0.2, 0.25) is 0 Å². The molecule has 4 N–H and O–H groups in total. The lowest BCUT2D eigenvalue weighted by Gasteiger charge is -2.28. The van der Waals surface area contributed by atoms with E-state index in [1.54, 1.807) is 0 Å². The molecule has 4 nitrogen and oxygen atoms in total. The Bertz CT molecular complexity index is 248. The summed E-state index contributed by atoms with van der Waals surface area (Å²) in [7, 11) is 0. The predicted octanol–water partition coefficient (Wildman–Crippen LogP) is 0.886. The Balaban J connectivity index is 2.46. The average molecular weight is 242 g/mol. The zero-order valence-electron chi connectivity index (χ0n) is 11.0. The van der Waals surface area contributed by atoms with E-state index in [9.17, 15) is 9.90 Å². The molecule has 1 aliphatic carbocycles. The third-order valence-corrected chi connectivity index (χ3v) is 4.03. The van der Waals surface area contributed by atoms with Crippen LogP contribution in [0.1, 0.15) is 39.5 Å². The second-order valence-electron chi connectivity index (χ2n) is 5.67. The number of rotatable bonds is 6. The molecule has 1 rings (SSSR count). The lowest BCUT2D eigenvalue weighted by molar-refractivity contribution is -0.126. The highest BCUT2D eigenvalue weighted by Crippen LogP contribution is 2.36. The minimum absolute atomic E-state index is 0.0298. The standard InChI is InChI=1S/C13H26N2O2/c1-10(2)11(7-14)12(17)15-8-13(9-16)5-3-4-6-13/h10-11,16H,3-9,14H2,1-2H3,(H,15,17). The van der Waals surface area contributed by atoms with Crippen LogP contribution in [-0.2, 0) is 4.79 Å². The minimum atomic E-state index is -0.118. The molecule has 0 radical (unpaired) electrons. The molecule has 1 amide bonds. The highest BCUT2D eigenvalue weighted by molar-refractivity contribution is 5.79. The molecule has 0 saturated heterocycles. The van der Waals surface area contributed by atoms with Gasteiger partial charge in [0, 0.05) is 18.5 Å². The van der Waals surface area contributed by atoms with E-state index in [1.807, 2.05) is 13.8 Å². The molecule has 1 aliphatic rings. The van der Waals surface area contributed by atoms with Gasteiger partial charge >= 0.3 is 0 Å². The van der Waals surface area contributed by atoms with Gasteiger partial charge in [0.25, 0.3) is 0 Å². The van der Waals surface area contributed by atoms with Crippen LogP contribution in [0.5, 0.6) is 0 Å². The smallest absolute Gasteiger partial charge is 0.224 e. The van der Waals surface area contributed by atoms with Gasteiger partial charge < -0.3 is 16.2 Å². The maximum Gasteiger partial charge on any atom is 0.224 e. The molecule has 1 unspecified atom stereocenters. The first kappa shape index (κ1) is 14.5. The fourth-order valence-corrected chi connectivity index (χ4v) is 2.60. The van der Waals surface area contributed by atoms with Crippen molar-refractivity contribution in [2.45, 2.75) is 39.5 Å². The van der Waals surface area contributed by atoms with Crippen LogP contribution < -0.4 is 11.1 Å². The zero-order chi connectivity index (χ0) is 12.9. The van der Waals surface area contributed by atoms with Crippen LogP contribution in [0.15, 0.2) is 0 Å². The Labute approximate surface area is 104 Å². The van der Waals surface area contributed by atoms with Gasteiger partial charge in [-0.15, -0.1) is 0 Å². The van der Waals surface area contributed by atoms with Crippen LogP contribution in [0, 0.1) is 17.3 Å². The van der Waals surface area contributed by atoms with Gasteiger partial charge in [0.15, 0.2) is 0 Å². The lowest BCUT2D eigenvalue weighted by atomic mass is 9.86. The monoisotopic (exact) mass is 242 g/mol. The molecule has 0 aromatic rings. The molecule has 0 heterocycles. The van der Waals surface area contributed by atoms with E-state index in [2.05, 4.69) is 5.32 Å². The van der Waals surface area contributed by atoms with Crippen molar-refractivity contribution in [3.8, 4) is 0 Å². The fourth-order valence-electron chi connectivity index (χ4n) is 2.60. The number of nitrogens with one attached hydrogen (secondary N) is 1. The summed E-state index contributed by atoms with van der Waals surface area (Å²) < 4.78 is 0. The summed E-state index contributed by atoms with van der Waals surface area (Å²) in [6, 6.07) is 0. The van der Waals surface area contributed by atoms with Crippen molar-refractivity contribution in [3.05, 3.63) is 0 Å². The van der Waals surface area contributed by atoms with Crippen LogP contribution in [0.25, 0.3) is 0 Å². The first-order valence-corrected chi connectivity index (χ1v) is 6.63. The summed E-state index contributed by atoms with van der Waals surface area (Å²) in [5, 5.41) is 12.4. The molecule has 4 heteroatoms. The molecule has 1 atom stereocenters. The van der Waals surface area contributed by atoms with E-state index in [1.165, 1.54) is 0 Å². The van der Waals surface area contributed by atoms with Crippen molar-refractivity contribution >= 4 is 5.91 Å². The number of aliphatic hydroxyl groups excluding tert-OH is 1. The average Bonchev–Trinajstić information content (AvgIpc) is 2.76. The Hall–Kier alpha value is -0.610. The maximum atomic E-state index is 12.0. The van der Waals surface area contributed by atoms with Crippen molar-refractivity contribution in [1.82, 2.24) is 5.32 Å². The highest BCUT2D eigenvalue weighted by atomic mass is 16.3. The van der Waals surface area contributed by atoms with Crippen LogP contribution in [-0.4, -0.2) is 30.7 Å². The Kier molecular flexibility index (Phi) is 5.40. The molecular weight excluding hydrogens is 216 g/mol. The molecule has 0 aromatic carbocycles. The van der Waals surface area contributed by atoms with E-state index >= 15 is 0 Å². The van der Waals surface area contributed by atoms with Crippen molar-refractivity contribution in [2.24, 2.45) is 23.0 Å². The lowest BCUT2D eigenvalue weighted by Crippen LogP contribution is -2.44. The van der Waals surface area contributed by atoms with Crippen molar-refractivity contribution in [1.29, 1.82) is 0 Å². The van der Waals surface area contributed by atoms with Crippen LogP contribution in [0.3, 0.4) is 0 Å². The Morgan fingerprint density at radius 3 is 2.41 bits per heavy atom. The Morgan fingerprint density at radius 1 is 1.41 bits per heavy atom. The normalized spacial score (nSPS) is 20.5. The van der Waals surface area contributed by atoms with Crippen molar-refractivity contribution < 1.29 is 9.90 Å². The first-order chi connectivity index (χ1) is 8.04. The molecule has 0 aromatic heterocycles. The molecule has 0 aliphatic heterocycles. The maximum absolute atomic E-state index is 12.0. The van der Waals surface area contributed by atoms with Crippen molar-refractivity contribution in [3.63, 3.8) is 0 Å². The minimum Gasteiger partial charge on any atom is -0.396 e. The molecule has 17 heavy (non-hydrogen) atoms. The number of carbonyl (C=O) groups excluding carboxylic acids is 1. The molecule has 0 spiro atoms. The van der Waals surface area contributed by atoms with Gasteiger partial charge in [0.2, 0.25) is 5.91 Å². The number of hydrogen-bond donors (Lipinski definition) is 3. The molecule has 100 valence electrons. The summed E-state index contributed by atoms with van der Waals surface area (Å²) in [5.41, 5.74) is 5.54. The first-order valence-electron chi connectivity index (χ1n) is 6.63. The topological polar surface area (TPSA) is 75.4 Å². The third kappa shape index (κ3) is 3.68. The summed E-state index contributed by atoms with van der Waals surface area (Å²) in [6.07, 6.45) is 4.33. The van der Waals surface area contributed by atoms with Gasteiger partial charge in [-0.05, 0) is 18.8 Å². The zero-order valence-corrected chi connectivity index (χ0v) is 11.0. The second kappa shape index (κ2) is 6.36. The number of amides is 1. The van der Waals surface area contributed by atoms with Gasteiger partial charge in [-0.2, -0.15) is 0 Å². The number of nitrogens with two attached hydrogens (primary N) is 1. The van der Waals surface area contributed by atoms with Gasteiger partial charge in [-0.1, -0.05) is 26.7 Å². The number of hydrogen-bond acceptors (Lipinski definition) is 3. The van der Waals surface area contributed by atoms with Crippen LogP contribution in [0.4, 0.5) is 0 Å². The SMILES string of the molecule is CC(C)C(CN)C(=O)NCC1(CO)CCCC1. The molecule has 0 bridgehead atoms. The molecular formula is C13H26N2O2. The second-order valence-corrected chi connectivity index (χ2v) is 5.67. The quantitative estimate of drug-likeness (QED) is 0.647. The summed E-state index contributed by atoms with van der Waals surface area (Å²) in [6.45, 7) is 5.16. The summed E-state index contributed by atoms with van der Waals surface area (Å²) >= 11 is 0. The predicted molar refractivity (Wildman–Crippen MR) is 68.4 cm³/mol. The number of aliphatic hydroxyl groups is 1. The largest absolute Gasteiger partial charge is 0.396 e. The van der Waals surface area contributed by atoms with Gasteiger partial charge in [-0.3, -0.25) is 4.79 Å². The van der Waals surface area contributed by atoms with Crippen molar-refractivity contribution in [2.75, 3.05) is 19.7 Å². The molecule has 1 saturated carbocycles. The third-order valence-electron chi connectivity index (χ3n) is 4.03. The summed E-state index contributed by atoms with van der Waals surface area (Å²) in [4.78, 5) is 12.0.